The number of rotatable bonds is 4. The second-order valence-electron chi connectivity index (χ2n) is 7.10. The largest absolute Gasteiger partial charge is 0.454 e. The maximum Gasteiger partial charge on any atom is 0.231 e. The molecule has 1 N–H and O–H groups in total. The van der Waals surface area contributed by atoms with Crippen molar-refractivity contribution in [3.05, 3.63) is 23.8 Å². The molecule has 24 heavy (non-hydrogen) atoms. The van der Waals surface area contributed by atoms with Gasteiger partial charge >= 0.3 is 0 Å². The summed E-state index contributed by atoms with van der Waals surface area (Å²) in [5, 5.41) is 3.22. The minimum absolute atomic E-state index is 0.144. The molecule has 6 heteroatoms. The van der Waals surface area contributed by atoms with Crippen molar-refractivity contribution in [1.82, 2.24) is 15.1 Å². The first-order chi connectivity index (χ1) is 11.7. The van der Waals surface area contributed by atoms with E-state index in [0.29, 0.717) is 18.5 Å². The maximum atomic E-state index is 12.3. The van der Waals surface area contributed by atoms with Gasteiger partial charge in [-0.25, -0.2) is 0 Å². The van der Waals surface area contributed by atoms with Crippen molar-refractivity contribution in [3.8, 4) is 11.5 Å². The standard InChI is InChI=1S/C18H25N3O3/c1-20-6-7-21-10-14(9-15(21)11-20)19-18(22)5-3-13-2-4-16-17(8-13)24-12-23-16/h2,4,8,14-15H,3,5-7,9-12H2,1H3,(H,19,22)/t14-,15-/m0/s1. The first kappa shape index (κ1) is 15.7. The van der Waals surface area contributed by atoms with Crippen molar-refractivity contribution in [1.29, 1.82) is 0 Å². The number of carbonyl (C=O) groups is 1. The zero-order chi connectivity index (χ0) is 16.5. The van der Waals surface area contributed by atoms with Gasteiger partial charge in [-0.15, -0.1) is 0 Å². The monoisotopic (exact) mass is 331 g/mol. The molecule has 130 valence electrons. The molecule has 6 nitrogen and oxygen atoms in total. The van der Waals surface area contributed by atoms with E-state index in [9.17, 15) is 4.79 Å². The SMILES string of the molecule is CN1CCN2C[C@@H](NC(=O)CCc3ccc4c(c3)OCO4)C[C@H]2C1. The van der Waals surface area contributed by atoms with Crippen LogP contribution in [0.4, 0.5) is 0 Å². The average molecular weight is 331 g/mol. The van der Waals surface area contributed by atoms with Crippen LogP contribution in [0, 0.1) is 0 Å². The Balaban J connectivity index is 1.25. The van der Waals surface area contributed by atoms with E-state index in [1.807, 2.05) is 18.2 Å². The Hall–Kier alpha value is -1.79. The van der Waals surface area contributed by atoms with Crippen LogP contribution in [0.15, 0.2) is 18.2 Å². The fraction of sp³-hybridized carbons (Fsp3) is 0.611. The fourth-order valence-electron chi connectivity index (χ4n) is 3.96. The van der Waals surface area contributed by atoms with Gasteiger partial charge in [-0.2, -0.15) is 0 Å². The summed E-state index contributed by atoms with van der Waals surface area (Å²) in [5.74, 6) is 1.71. The van der Waals surface area contributed by atoms with Gasteiger partial charge in [0.25, 0.3) is 0 Å². The Morgan fingerprint density at radius 2 is 2.12 bits per heavy atom. The molecule has 1 aromatic rings. The van der Waals surface area contributed by atoms with Crippen LogP contribution in [0.3, 0.4) is 0 Å². The molecule has 4 rings (SSSR count). The van der Waals surface area contributed by atoms with E-state index < -0.39 is 0 Å². The van der Waals surface area contributed by atoms with Gasteiger partial charge in [0.1, 0.15) is 0 Å². The number of amides is 1. The van der Waals surface area contributed by atoms with E-state index in [0.717, 1.165) is 56.1 Å². The normalized spacial score (nSPS) is 26.4. The summed E-state index contributed by atoms with van der Waals surface area (Å²) in [5.41, 5.74) is 1.11. The number of likely N-dealkylation sites (N-methyl/N-ethyl adjacent to an activating group) is 1. The van der Waals surface area contributed by atoms with Crippen molar-refractivity contribution in [2.75, 3.05) is 40.0 Å². The number of ether oxygens (including phenoxy) is 2. The molecule has 1 amide bonds. The molecule has 3 heterocycles. The molecular formula is C18H25N3O3. The predicted molar refractivity (Wildman–Crippen MR) is 90.3 cm³/mol. The quantitative estimate of drug-likeness (QED) is 0.887. The highest BCUT2D eigenvalue weighted by Gasteiger charge is 2.35. The number of carbonyl (C=O) groups excluding carboxylic acids is 1. The molecule has 0 radical (unpaired) electrons. The van der Waals surface area contributed by atoms with E-state index in [2.05, 4.69) is 22.2 Å². The van der Waals surface area contributed by atoms with E-state index in [1.54, 1.807) is 0 Å². The fourth-order valence-corrected chi connectivity index (χ4v) is 3.96. The number of nitrogens with zero attached hydrogens (tertiary/aromatic N) is 2. The van der Waals surface area contributed by atoms with Crippen molar-refractivity contribution in [3.63, 3.8) is 0 Å². The summed E-state index contributed by atoms with van der Waals surface area (Å²) in [6.45, 7) is 4.64. The van der Waals surface area contributed by atoms with Crippen LogP contribution in [0.5, 0.6) is 11.5 Å². The van der Waals surface area contributed by atoms with Crippen molar-refractivity contribution >= 4 is 5.91 Å². The van der Waals surface area contributed by atoms with Crippen LogP contribution in [-0.4, -0.2) is 67.8 Å². The third-order valence-electron chi connectivity index (χ3n) is 5.26. The molecule has 0 unspecified atom stereocenters. The number of nitrogens with one attached hydrogen (secondary N) is 1. The second-order valence-corrected chi connectivity index (χ2v) is 7.10. The first-order valence-corrected chi connectivity index (χ1v) is 8.78. The lowest BCUT2D eigenvalue weighted by Gasteiger charge is -2.34. The van der Waals surface area contributed by atoms with Crippen LogP contribution in [-0.2, 0) is 11.2 Å². The van der Waals surface area contributed by atoms with Crippen molar-refractivity contribution in [2.24, 2.45) is 0 Å². The Morgan fingerprint density at radius 1 is 1.25 bits per heavy atom. The van der Waals surface area contributed by atoms with Gasteiger partial charge < -0.3 is 19.7 Å². The number of hydrogen-bond donors (Lipinski definition) is 1. The maximum absolute atomic E-state index is 12.3. The average Bonchev–Trinajstić information content (AvgIpc) is 3.17. The molecule has 2 fully saturated rings. The summed E-state index contributed by atoms with van der Waals surface area (Å²) in [7, 11) is 2.18. The van der Waals surface area contributed by atoms with E-state index in [1.165, 1.54) is 0 Å². The molecule has 2 atom stereocenters. The molecule has 0 aliphatic carbocycles. The van der Waals surface area contributed by atoms with Gasteiger partial charge in [-0.05, 0) is 37.6 Å². The van der Waals surface area contributed by atoms with E-state index in [-0.39, 0.29) is 12.7 Å². The Morgan fingerprint density at radius 3 is 3.04 bits per heavy atom. The van der Waals surface area contributed by atoms with Gasteiger partial charge in [0.05, 0.1) is 0 Å². The third-order valence-corrected chi connectivity index (χ3v) is 5.26. The number of piperazine rings is 1. The van der Waals surface area contributed by atoms with Crippen molar-refractivity contribution < 1.29 is 14.3 Å². The summed E-state index contributed by atoms with van der Waals surface area (Å²) >= 11 is 0. The third kappa shape index (κ3) is 3.35. The predicted octanol–water partition coefficient (Wildman–Crippen LogP) is 0.852. The van der Waals surface area contributed by atoms with Gasteiger partial charge in [-0.3, -0.25) is 9.69 Å². The van der Waals surface area contributed by atoms with Crippen LogP contribution in [0.2, 0.25) is 0 Å². The first-order valence-electron chi connectivity index (χ1n) is 8.78. The molecule has 0 aromatic heterocycles. The Labute approximate surface area is 142 Å². The summed E-state index contributed by atoms with van der Waals surface area (Å²) in [4.78, 5) is 17.2. The lowest BCUT2D eigenvalue weighted by molar-refractivity contribution is -0.121. The summed E-state index contributed by atoms with van der Waals surface area (Å²) < 4.78 is 10.7. The zero-order valence-electron chi connectivity index (χ0n) is 14.2. The summed E-state index contributed by atoms with van der Waals surface area (Å²) in [6, 6.07) is 6.79. The number of benzene rings is 1. The molecule has 0 spiro atoms. The van der Waals surface area contributed by atoms with Crippen LogP contribution in [0.25, 0.3) is 0 Å². The highest BCUT2D eigenvalue weighted by Crippen LogP contribution is 2.32. The number of aryl methyl sites for hydroxylation is 1. The minimum Gasteiger partial charge on any atom is -0.454 e. The molecule has 0 saturated carbocycles. The van der Waals surface area contributed by atoms with Crippen LogP contribution in [0.1, 0.15) is 18.4 Å². The van der Waals surface area contributed by atoms with E-state index >= 15 is 0 Å². The van der Waals surface area contributed by atoms with Gasteiger partial charge in [0, 0.05) is 44.7 Å². The summed E-state index contributed by atoms with van der Waals surface area (Å²) in [6.07, 6.45) is 2.31. The molecule has 2 saturated heterocycles. The molecule has 3 aliphatic rings. The highest BCUT2D eigenvalue weighted by atomic mass is 16.7. The molecule has 1 aromatic carbocycles. The van der Waals surface area contributed by atoms with Gasteiger partial charge in [0.2, 0.25) is 12.7 Å². The van der Waals surface area contributed by atoms with E-state index in [4.69, 9.17) is 9.47 Å². The molecular weight excluding hydrogens is 306 g/mol. The Bertz CT molecular complexity index is 622. The van der Waals surface area contributed by atoms with Crippen LogP contribution < -0.4 is 14.8 Å². The highest BCUT2D eigenvalue weighted by molar-refractivity contribution is 5.76. The minimum atomic E-state index is 0.144. The Kier molecular flexibility index (Phi) is 4.33. The zero-order valence-corrected chi connectivity index (χ0v) is 14.2. The van der Waals surface area contributed by atoms with Gasteiger partial charge in [0.15, 0.2) is 11.5 Å². The lowest BCUT2D eigenvalue weighted by atomic mass is 10.1. The van der Waals surface area contributed by atoms with Gasteiger partial charge in [-0.1, -0.05) is 6.07 Å². The lowest BCUT2D eigenvalue weighted by Crippen LogP contribution is -2.48. The molecule has 0 bridgehead atoms. The topological polar surface area (TPSA) is 54.0 Å². The van der Waals surface area contributed by atoms with Crippen molar-refractivity contribution in [2.45, 2.75) is 31.3 Å². The molecule has 3 aliphatic heterocycles. The van der Waals surface area contributed by atoms with Crippen LogP contribution >= 0.6 is 0 Å². The second kappa shape index (κ2) is 6.61. The number of fused-ring (bicyclic) bond motifs is 2. The number of hydrogen-bond acceptors (Lipinski definition) is 5. The smallest absolute Gasteiger partial charge is 0.231 e.